The maximum absolute atomic E-state index is 8.90. The second kappa shape index (κ2) is 10.9. The van der Waals surface area contributed by atoms with Crippen molar-refractivity contribution in [3.63, 3.8) is 0 Å². The van der Waals surface area contributed by atoms with Crippen molar-refractivity contribution in [1.29, 1.82) is 5.26 Å². The molecule has 1 aromatic carbocycles. The van der Waals surface area contributed by atoms with Gasteiger partial charge in [0.15, 0.2) is 11.5 Å². The highest BCUT2D eigenvalue weighted by molar-refractivity contribution is 5.46. The van der Waals surface area contributed by atoms with Crippen LogP contribution in [0.4, 0.5) is 0 Å². The van der Waals surface area contributed by atoms with Crippen LogP contribution in [0.15, 0.2) is 18.2 Å². The molecule has 5 heteroatoms. The van der Waals surface area contributed by atoms with E-state index >= 15 is 0 Å². The molecule has 1 saturated heterocycles. The van der Waals surface area contributed by atoms with Gasteiger partial charge in [0.1, 0.15) is 0 Å². The molecule has 2 rings (SSSR count). The zero-order chi connectivity index (χ0) is 16.2. The van der Waals surface area contributed by atoms with Crippen LogP contribution in [0.2, 0.25) is 0 Å². The number of nitrogens with zero attached hydrogens (tertiary/aromatic N) is 2. The molecule has 0 N–H and O–H groups in total. The van der Waals surface area contributed by atoms with Crippen LogP contribution in [0.3, 0.4) is 0 Å². The van der Waals surface area contributed by atoms with Gasteiger partial charge < -0.3 is 14.2 Å². The molecule has 0 bridgehead atoms. The Hall–Kier alpha value is -1.77. The van der Waals surface area contributed by atoms with Gasteiger partial charge in [0.2, 0.25) is 0 Å². The first-order valence-corrected chi connectivity index (χ1v) is 7.84. The van der Waals surface area contributed by atoms with Crippen molar-refractivity contribution in [1.82, 2.24) is 4.90 Å². The fourth-order valence-corrected chi connectivity index (χ4v) is 2.15. The van der Waals surface area contributed by atoms with Gasteiger partial charge in [-0.25, -0.2) is 0 Å². The van der Waals surface area contributed by atoms with Crippen molar-refractivity contribution in [3.8, 4) is 17.6 Å². The number of methoxy groups -OCH3 is 1. The second-order valence-corrected chi connectivity index (χ2v) is 4.63. The Morgan fingerprint density at radius 1 is 1.23 bits per heavy atom. The Balaban J connectivity index is 0.00000116. The highest BCUT2D eigenvalue weighted by Crippen LogP contribution is 2.27. The third-order valence-corrected chi connectivity index (χ3v) is 3.27. The number of nitriles is 1. The lowest BCUT2D eigenvalue weighted by Gasteiger charge is -2.26. The van der Waals surface area contributed by atoms with Gasteiger partial charge in [-0.15, -0.1) is 0 Å². The predicted octanol–water partition coefficient (Wildman–Crippen LogP) is 2.69. The smallest absolute Gasteiger partial charge is 0.162 e. The summed E-state index contributed by atoms with van der Waals surface area (Å²) >= 11 is 0. The van der Waals surface area contributed by atoms with Crippen molar-refractivity contribution in [2.45, 2.75) is 20.3 Å². The molecule has 0 unspecified atom stereocenters. The lowest BCUT2D eigenvalue weighted by atomic mass is 10.2. The van der Waals surface area contributed by atoms with E-state index in [1.807, 2.05) is 13.8 Å². The Labute approximate surface area is 133 Å². The summed E-state index contributed by atoms with van der Waals surface area (Å²) in [4.78, 5) is 2.37. The summed E-state index contributed by atoms with van der Waals surface area (Å²) in [6, 6.07) is 7.30. The van der Waals surface area contributed by atoms with E-state index in [2.05, 4.69) is 11.0 Å². The van der Waals surface area contributed by atoms with Gasteiger partial charge in [0.25, 0.3) is 0 Å². The average Bonchev–Trinajstić information content (AvgIpc) is 2.61. The zero-order valence-electron chi connectivity index (χ0n) is 13.8. The Bertz CT molecular complexity index is 465. The Morgan fingerprint density at radius 3 is 2.59 bits per heavy atom. The van der Waals surface area contributed by atoms with E-state index < -0.39 is 0 Å². The monoisotopic (exact) mass is 306 g/mol. The van der Waals surface area contributed by atoms with Gasteiger partial charge in [-0.05, 0) is 18.6 Å². The molecule has 1 fully saturated rings. The van der Waals surface area contributed by atoms with Crippen molar-refractivity contribution < 1.29 is 14.2 Å². The summed E-state index contributed by atoms with van der Waals surface area (Å²) in [5, 5.41) is 8.90. The summed E-state index contributed by atoms with van der Waals surface area (Å²) in [7, 11) is 1.60. The molecule has 122 valence electrons. The van der Waals surface area contributed by atoms with Crippen molar-refractivity contribution in [2.24, 2.45) is 0 Å². The Kier molecular flexibility index (Phi) is 9.04. The zero-order valence-corrected chi connectivity index (χ0v) is 13.8. The van der Waals surface area contributed by atoms with Crippen LogP contribution in [0.5, 0.6) is 11.5 Å². The second-order valence-electron chi connectivity index (χ2n) is 4.63. The van der Waals surface area contributed by atoms with E-state index in [1.54, 1.807) is 25.3 Å². The maximum atomic E-state index is 8.90. The third kappa shape index (κ3) is 5.92. The van der Waals surface area contributed by atoms with Crippen LogP contribution < -0.4 is 9.47 Å². The highest BCUT2D eigenvalue weighted by Gasteiger charge is 2.10. The molecule has 1 aromatic rings. The van der Waals surface area contributed by atoms with Gasteiger partial charge in [0.05, 0.1) is 38.6 Å². The fraction of sp³-hybridized carbons (Fsp3) is 0.588. The maximum Gasteiger partial charge on any atom is 0.162 e. The molecule has 0 aromatic heterocycles. The summed E-state index contributed by atoms with van der Waals surface area (Å²) in [5.41, 5.74) is 0.578. The van der Waals surface area contributed by atoms with Gasteiger partial charge in [-0.1, -0.05) is 13.8 Å². The summed E-state index contributed by atoms with van der Waals surface area (Å²) < 4.78 is 16.3. The molecule has 0 aliphatic carbocycles. The molecule has 1 aliphatic rings. The first-order valence-electron chi connectivity index (χ1n) is 7.84. The third-order valence-electron chi connectivity index (χ3n) is 3.27. The standard InChI is InChI=1S/C15H20N2O3.C2H6/c1-18-14-4-3-13(12-16)11-15(14)20-8-2-5-17-6-9-19-10-7-17;1-2/h3-4,11H,2,5-10H2,1H3;1-2H3. The topological polar surface area (TPSA) is 54.7 Å². The molecule has 5 nitrogen and oxygen atoms in total. The molecule has 22 heavy (non-hydrogen) atoms. The lowest BCUT2D eigenvalue weighted by molar-refractivity contribution is 0.0357. The number of morpholine rings is 1. The first-order chi connectivity index (χ1) is 10.8. The molecular formula is C17H26N2O3. The van der Waals surface area contributed by atoms with Gasteiger partial charge in [-0.3, -0.25) is 4.90 Å². The number of rotatable bonds is 6. The molecule has 0 atom stereocenters. The number of hydrogen-bond donors (Lipinski definition) is 0. The number of ether oxygens (including phenoxy) is 3. The van der Waals surface area contributed by atoms with Gasteiger partial charge in [0, 0.05) is 25.7 Å². The van der Waals surface area contributed by atoms with Crippen molar-refractivity contribution in [3.05, 3.63) is 23.8 Å². The van der Waals surface area contributed by atoms with Crippen LogP contribution in [0, 0.1) is 11.3 Å². The minimum Gasteiger partial charge on any atom is -0.493 e. The minimum atomic E-state index is 0.578. The lowest BCUT2D eigenvalue weighted by Crippen LogP contribution is -2.37. The molecule has 0 radical (unpaired) electrons. The first kappa shape index (κ1) is 18.3. The van der Waals surface area contributed by atoms with E-state index in [-0.39, 0.29) is 0 Å². The van der Waals surface area contributed by atoms with Crippen LogP contribution in [-0.4, -0.2) is 51.5 Å². The van der Waals surface area contributed by atoms with E-state index in [1.165, 1.54) is 0 Å². The van der Waals surface area contributed by atoms with E-state index in [0.717, 1.165) is 39.3 Å². The minimum absolute atomic E-state index is 0.578. The predicted molar refractivity (Wildman–Crippen MR) is 86.4 cm³/mol. The average molecular weight is 306 g/mol. The van der Waals surface area contributed by atoms with Crippen LogP contribution >= 0.6 is 0 Å². The van der Waals surface area contributed by atoms with Gasteiger partial charge in [-0.2, -0.15) is 5.26 Å². The molecule has 1 aliphatic heterocycles. The SMILES string of the molecule is CC.COc1ccc(C#N)cc1OCCCN1CCOCC1. The van der Waals surface area contributed by atoms with E-state index in [0.29, 0.717) is 23.7 Å². The number of hydrogen-bond acceptors (Lipinski definition) is 5. The van der Waals surface area contributed by atoms with Gasteiger partial charge >= 0.3 is 0 Å². The van der Waals surface area contributed by atoms with Crippen LogP contribution in [-0.2, 0) is 4.74 Å². The highest BCUT2D eigenvalue weighted by atomic mass is 16.5. The summed E-state index contributed by atoms with van der Waals surface area (Å²) in [6.45, 7) is 9.24. The normalized spacial score (nSPS) is 14.5. The molecule has 1 heterocycles. The molecule has 0 amide bonds. The van der Waals surface area contributed by atoms with E-state index in [9.17, 15) is 0 Å². The summed E-state index contributed by atoms with van der Waals surface area (Å²) in [6.07, 6.45) is 0.944. The fourth-order valence-electron chi connectivity index (χ4n) is 2.15. The number of benzene rings is 1. The molecular weight excluding hydrogens is 280 g/mol. The van der Waals surface area contributed by atoms with Crippen molar-refractivity contribution >= 4 is 0 Å². The van der Waals surface area contributed by atoms with E-state index in [4.69, 9.17) is 19.5 Å². The largest absolute Gasteiger partial charge is 0.493 e. The quantitative estimate of drug-likeness (QED) is 0.756. The van der Waals surface area contributed by atoms with Crippen molar-refractivity contribution in [2.75, 3.05) is 46.6 Å². The summed E-state index contributed by atoms with van der Waals surface area (Å²) in [5.74, 6) is 1.30. The molecule has 0 saturated carbocycles. The molecule has 0 spiro atoms. The van der Waals surface area contributed by atoms with Crippen LogP contribution in [0.25, 0.3) is 0 Å². The van der Waals surface area contributed by atoms with Crippen LogP contribution in [0.1, 0.15) is 25.8 Å². The Morgan fingerprint density at radius 2 is 1.95 bits per heavy atom.